The SMILES string of the molecule is Cn1nccc1-c1nn(-c2ccc(F)cc2)c2cc(C(=O)N[C@@]3(C)CCS(=O)(=O)C3)cnc12. The zero-order valence-corrected chi connectivity index (χ0v) is 18.8. The van der Waals surface area contributed by atoms with Crippen molar-refractivity contribution in [1.29, 1.82) is 0 Å². The molecule has 4 heterocycles. The van der Waals surface area contributed by atoms with Crippen LogP contribution in [-0.2, 0) is 16.9 Å². The van der Waals surface area contributed by atoms with Crippen molar-refractivity contribution in [3.05, 3.63) is 60.2 Å². The van der Waals surface area contributed by atoms with E-state index in [2.05, 4.69) is 20.5 Å². The zero-order chi connectivity index (χ0) is 23.4. The van der Waals surface area contributed by atoms with E-state index in [1.165, 1.54) is 18.3 Å². The number of halogens is 1. The fourth-order valence-corrected chi connectivity index (χ4v) is 6.23. The van der Waals surface area contributed by atoms with Gasteiger partial charge >= 0.3 is 0 Å². The predicted molar refractivity (Wildman–Crippen MR) is 120 cm³/mol. The van der Waals surface area contributed by atoms with Gasteiger partial charge in [-0.05, 0) is 49.7 Å². The van der Waals surface area contributed by atoms with Crippen LogP contribution in [0.15, 0.2) is 48.8 Å². The molecule has 1 fully saturated rings. The number of hydrogen-bond acceptors (Lipinski definition) is 6. The first-order valence-electron chi connectivity index (χ1n) is 10.3. The van der Waals surface area contributed by atoms with Crippen LogP contribution in [0, 0.1) is 5.82 Å². The van der Waals surface area contributed by atoms with Crippen LogP contribution in [0.5, 0.6) is 0 Å². The van der Waals surface area contributed by atoms with Crippen molar-refractivity contribution in [3.8, 4) is 17.1 Å². The van der Waals surface area contributed by atoms with Gasteiger partial charge in [0.05, 0.1) is 39.5 Å². The lowest BCUT2D eigenvalue weighted by molar-refractivity contribution is 0.0915. The van der Waals surface area contributed by atoms with E-state index in [1.54, 1.807) is 53.8 Å². The fraction of sp³-hybridized carbons (Fsp3) is 0.273. The number of aryl methyl sites for hydroxylation is 1. The Morgan fingerprint density at radius 2 is 1.97 bits per heavy atom. The average molecular weight is 469 g/mol. The summed E-state index contributed by atoms with van der Waals surface area (Å²) in [6.45, 7) is 1.73. The number of nitrogens with one attached hydrogen (secondary N) is 1. The number of rotatable bonds is 4. The van der Waals surface area contributed by atoms with Gasteiger partial charge in [-0.2, -0.15) is 10.2 Å². The molecular formula is C22H21FN6O3S. The lowest BCUT2D eigenvalue weighted by Crippen LogP contribution is -2.46. The number of amides is 1. The molecule has 1 amide bonds. The minimum absolute atomic E-state index is 0.0481. The molecule has 1 atom stereocenters. The smallest absolute Gasteiger partial charge is 0.253 e. The van der Waals surface area contributed by atoms with Crippen molar-refractivity contribution in [2.75, 3.05) is 11.5 Å². The first-order valence-corrected chi connectivity index (χ1v) is 12.1. The highest BCUT2D eigenvalue weighted by Crippen LogP contribution is 2.29. The molecular weight excluding hydrogens is 447 g/mol. The van der Waals surface area contributed by atoms with Crippen LogP contribution >= 0.6 is 0 Å². The Balaban J connectivity index is 1.60. The molecule has 9 nitrogen and oxygen atoms in total. The molecule has 33 heavy (non-hydrogen) atoms. The number of aromatic nitrogens is 5. The quantitative estimate of drug-likeness (QED) is 0.492. The Hall–Kier alpha value is -3.60. The largest absolute Gasteiger partial charge is 0.346 e. The Morgan fingerprint density at radius 3 is 2.61 bits per heavy atom. The van der Waals surface area contributed by atoms with Crippen molar-refractivity contribution in [2.45, 2.75) is 18.9 Å². The lowest BCUT2D eigenvalue weighted by atomic mass is 10.0. The summed E-state index contributed by atoms with van der Waals surface area (Å²) in [5.74, 6) is -0.843. The Morgan fingerprint density at radius 1 is 1.21 bits per heavy atom. The second-order valence-electron chi connectivity index (χ2n) is 8.53. The summed E-state index contributed by atoms with van der Waals surface area (Å²) in [7, 11) is -1.38. The molecule has 11 heteroatoms. The molecule has 1 N–H and O–H groups in total. The van der Waals surface area contributed by atoms with Crippen LogP contribution in [0.4, 0.5) is 4.39 Å². The summed E-state index contributed by atoms with van der Waals surface area (Å²) in [5.41, 5.74) is 2.44. The average Bonchev–Trinajstić information content (AvgIpc) is 3.43. The number of carbonyl (C=O) groups excluding carboxylic acids is 1. The second kappa shape index (κ2) is 7.48. The molecule has 0 aliphatic carbocycles. The van der Waals surface area contributed by atoms with Gasteiger partial charge in [-0.1, -0.05) is 0 Å². The summed E-state index contributed by atoms with van der Waals surface area (Å²) in [4.78, 5) is 17.5. The van der Waals surface area contributed by atoms with E-state index < -0.39 is 21.3 Å². The van der Waals surface area contributed by atoms with E-state index in [1.807, 2.05) is 0 Å². The van der Waals surface area contributed by atoms with Crippen molar-refractivity contribution >= 4 is 26.8 Å². The van der Waals surface area contributed by atoms with Crippen LogP contribution in [0.3, 0.4) is 0 Å². The molecule has 5 rings (SSSR count). The molecule has 3 aromatic heterocycles. The van der Waals surface area contributed by atoms with Crippen LogP contribution in [0.25, 0.3) is 28.1 Å². The highest BCUT2D eigenvalue weighted by atomic mass is 32.2. The Bertz CT molecular complexity index is 1490. The third kappa shape index (κ3) is 3.88. The van der Waals surface area contributed by atoms with Crippen LogP contribution in [0.1, 0.15) is 23.7 Å². The topological polar surface area (TPSA) is 112 Å². The second-order valence-corrected chi connectivity index (χ2v) is 10.7. The molecule has 0 spiro atoms. The van der Waals surface area contributed by atoms with Gasteiger partial charge in [-0.3, -0.25) is 14.5 Å². The molecule has 1 aliphatic rings. The van der Waals surface area contributed by atoms with Gasteiger partial charge < -0.3 is 5.32 Å². The van der Waals surface area contributed by atoms with Crippen LogP contribution in [-0.4, -0.2) is 55.9 Å². The minimum atomic E-state index is -3.17. The number of carbonyl (C=O) groups is 1. The first kappa shape index (κ1) is 21.3. The monoisotopic (exact) mass is 468 g/mol. The summed E-state index contributed by atoms with van der Waals surface area (Å²) in [5, 5.41) is 11.7. The van der Waals surface area contributed by atoms with Crippen molar-refractivity contribution < 1.29 is 17.6 Å². The van der Waals surface area contributed by atoms with E-state index >= 15 is 0 Å². The molecule has 0 radical (unpaired) electrons. The highest BCUT2D eigenvalue weighted by Gasteiger charge is 2.39. The predicted octanol–water partition coefficient (Wildman–Crippen LogP) is 2.27. The number of hydrogen-bond donors (Lipinski definition) is 1. The Kier molecular flexibility index (Phi) is 4.82. The summed E-state index contributed by atoms with van der Waals surface area (Å²) < 4.78 is 40.6. The zero-order valence-electron chi connectivity index (χ0n) is 18.0. The Labute approximate surface area is 189 Å². The van der Waals surface area contributed by atoms with E-state index in [0.717, 1.165) is 5.69 Å². The van der Waals surface area contributed by atoms with E-state index in [-0.39, 0.29) is 22.9 Å². The minimum Gasteiger partial charge on any atom is -0.346 e. The lowest BCUT2D eigenvalue weighted by Gasteiger charge is -2.23. The molecule has 170 valence electrons. The van der Waals surface area contributed by atoms with Gasteiger partial charge in [-0.25, -0.2) is 17.5 Å². The van der Waals surface area contributed by atoms with Gasteiger partial charge in [-0.15, -0.1) is 0 Å². The first-order chi connectivity index (χ1) is 15.6. The summed E-state index contributed by atoms with van der Waals surface area (Å²) in [6, 6.07) is 9.30. The number of pyridine rings is 1. The number of nitrogens with zero attached hydrogens (tertiary/aromatic N) is 5. The molecule has 1 aliphatic heterocycles. The number of fused-ring (bicyclic) bond motifs is 1. The molecule has 1 aromatic carbocycles. The van der Waals surface area contributed by atoms with Crippen molar-refractivity contribution in [2.24, 2.45) is 7.05 Å². The number of benzene rings is 1. The fourth-order valence-electron chi connectivity index (χ4n) is 4.14. The molecule has 0 saturated carbocycles. The normalized spacial score (nSPS) is 19.7. The standard InChI is InChI=1S/C22H21FN6O3S/c1-22(8-10-33(31,32)13-22)26-21(30)14-11-18-19(24-12-14)20(17-7-9-25-28(17)2)27-29(18)16-5-3-15(23)4-6-16/h3-7,9,11-12H,8,10,13H2,1-2H3,(H,26,30)/t22-/m0/s1. The van der Waals surface area contributed by atoms with Crippen LogP contribution < -0.4 is 5.32 Å². The maximum Gasteiger partial charge on any atom is 0.253 e. The third-order valence-electron chi connectivity index (χ3n) is 5.84. The van der Waals surface area contributed by atoms with Crippen molar-refractivity contribution in [1.82, 2.24) is 29.9 Å². The molecule has 0 bridgehead atoms. The van der Waals surface area contributed by atoms with Gasteiger partial charge in [0, 0.05) is 19.4 Å². The van der Waals surface area contributed by atoms with Gasteiger partial charge in [0.1, 0.15) is 17.0 Å². The van der Waals surface area contributed by atoms with Gasteiger partial charge in [0.2, 0.25) is 0 Å². The van der Waals surface area contributed by atoms with E-state index in [9.17, 15) is 17.6 Å². The highest BCUT2D eigenvalue weighted by molar-refractivity contribution is 7.91. The van der Waals surface area contributed by atoms with Crippen LogP contribution in [0.2, 0.25) is 0 Å². The maximum absolute atomic E-state index is 13.5. The summed E-state index contributed by atoms with van der Waals surface area (Å²) in [6.07, 6.45) is 3.45. The van der Waals surface area contributed by atoms with Gasteiger partial charge in [0.25, 0.3) is 5.91 Å². The third-order valence-corrected chi connectivity index (χ3v) is 7.74. The molecule has 4 aromatic rings. The molecule has 1 saturated heterocycles. The maximum atomic E-state index is 13.5. The van der Waals surface area contributed by atoms with Gasteiger partial charge in [0.15, 0.2) is 9.84 Å². The van der Waals surface area contributed by atoms with E-state index in [0.29, 0.717) is 28.8 Å². The molecule has 0 unspecified atom stereocenters. The van der Waals surface area contributed by atoms with E-state index in [4.69, 9.17) is 0 Å². The number of sulfone groups is 1. The van der Waals surface area contributed by atoms with Crippen molar-refractivity contribution in [3.63, 3.8) is 0 Å². The summed E-state index contributed by atoms with van der Waals surface area (Å²) >= 11 is 0.